The fourth-order valence-corrected chi connectivity index (χ4v) is 5.27. The Morgan fingerprint density at radius 1 is 0.500 bits per heavy atom. The van der Waals surface area contributed by atoms with Gasteiger partial charge in [-0.15, -0.1) is 0 Å². The van der Waals surface area contributed by atoms with Crippen molar-refractivity contribution in [1.82, 2.24) is 0 Å². The van der Waals surface area contributed by atoms with Gasteiger partial charge in [-0.25, -0.2) is 4.57 Å². The van der Waals surface area contributed by atoms with Crippen LogP contribution in [0.2, 0.25) is 0 Å². The van der Waals surface area contributed by atoms with Crippen LogP contribution in [0.15, 0.2) is 12.1 Å². The molecule has 0 unspecified atom stereocenters. The van der Waals surface area contributed by atoms with E-state index in [4.69, 9.17) is 0 Å². The average molecular weight is 604 g/mol. The van der Waals surface area contributed by atoms with Gasteiger partial charge in [0.1, 0.15) is 6.54 Å². The molecule has 0 radical (unpaired) electrons. The molecule has 0 N–H and O–H groups in total. The molecule has 0 bridgehead atoms. The molecule has 1 aromatic heterocycles. The summed E-state index contributed by atoms with van der Waals surface area (Å²) >= 11 is 0. The van der Waals surface area contributed by atoms with Crippen LogP contribution in [-0.2, 0) is 13.0 Å². The fourth-order valence-electron chi connectivity index (χ4n) is 5.27. The summed E-state index contributed by atoms with van der Waals surface area (Å²) in [5.74, 6) is 0. The van der Waals surface area contributed by atoms with Crippen LogP contribution in [-0.4, -0.2) is 0 Å². The van der Waals surface area contributed by atoms with Crippen molar-refractivity contribution in [2.75, 3.05) is 0 Å². The third-order valence-corrected chi connectivity index (χ3v) is 7.38. The molecule has 0 aliphatic carbocycles. The first-order valence-electron chi connectivity index (χ1n) is 16.2. The molecule has 1 aromatic rings. The number of aromatic nitrogens is 1. The van der Waals surface area contributed by atoms with Crippen LogP contribution in [0.3, 0.4) is 0 Å². The van der Waals surface area contributed by atoms with Crippen LogP contribution >= 0.6 is 7.81 Å². The summed E-state index contributed by atoms with van der Waals surface area (Å²) in [7, 11) is -10.7. The third-order valence-electron chi connectivity index (χ3n) is 7.38. The summed E-state index contributed by atoms with van der Waals surface area (Å²) < 4.78 is 61.8. The summed E-state index contributed by atoms with van der Waals surface area (Å²) in [6.07, 6.45) is 31.2. The Hall–Kier alpha value is -0.840. The van der Waals surface area contributed by atoms with Gasteiger partial charge in [-0.2, -0.15) is 0 Å². The average Bonchev–Trinajstić information content (AvgIpc) is 2.83. The number of halogens is 6. The number of rotatable bonds is 23. The van der Waals surface area contributed by atoms with E-state index < -0.39 is 7.81 Å². The molecule has 0 saturated carbocycles. The van der Waals surface area contributed by atoms with Crippen molar-refractivity contribution in [2.45, 2.75) is 175 Å². The van der Waals surface area contributed by atoms with E-state index in [1.807, 2.05) is 0 Å². The van der Waals surface area contributed by atoms with Gasteiger partial charge in [0.05, 0.1) is 0 Å². The molecule has 1 nitrogen and oxygen atoms in total. The number of nitrogens with zero attached hydrogens (tertiary/aromatic N) is 1. The van der Waals surface area contributed by atoms with Crippen LogP contribution in [0.4, 0.5) is 25.2 Å². The molecule has 0 fully saturated rings. The predicted octanol–water partition coefficient (Wildman–Crippen LogP) is 13.7. The summed E-state index contributed by atoms with van der Waals surface area (Å²) in [5.41, 5.74) is 4.48. The van der Waals surface area contributed by atoms with Crippen LogP contribution in [0.5, 0.6) is 0 Å². The maximum atomic E-state index is 9.87. The number of pyridine rings is 1. The number of unbranched alkanes of at least 4 members (excludes halogenated alkanes) is 19. The Morgan fingerprint density at radius 3 is 1.20 bits per heavy atom. The van der Waals surface area contributed by atoms with Crippen LogP contribution < -0.4 is 4.57 Å². The quantitative estimate of drug-likeness (QED) is 0.0507. The second-order valence-electron chi connectivity index (χ2n) is 11.7. The molecule has 0 aromatic carbocycles. The first-order valence-corrected chi connectivity index (χ1v) is 18.2. The zero-order valence-electron chi connectivity index (χ0n) is 26.1. The molecule has 0 aliphatic heterocycles. The van der Waals surface area contributed by atoms with Gasteiger partial charge in [0.2, 0.25) is 0 Å². The molecule has 0 atom stereocenters. The number of hydrogen-bond acceptors (Lipinski definition) is 0. The molecule has 1 heterocycles. The Balaban J connectivity index is 0.00000191. The van der Waals surface area contributed by atoms with Crippen molar-refractivity contribution >= 4 is 7.81 Å². The first-order chi connectivity index (χ1) is 18.6. The zero-order chi connectivity index (χ0) is 30.4. The molecule has 8 heteroatoms. The Morgan fingerprint density at radius 2 is 0.825 bits per heavy atom. The molecular weight excluding hydrogens is 543 g/mol. The van der Waals surface area contributed by atoms with Crippen molar-refractivity contribution in [3.05, 3.63) is 29.1 Å². The van der Waals surface area contributed by atoms with Gasteiger partial charge in [0, 0.05) is 31.9 Å². The van der Waals surface area contributed by atoms with E-state index in [-0.39, 0.29) is 0 Å². The third kappa shape index (κ3) is 30.1. The number of hydrogen-bond donors (Lipinski definition) is 0. The Labute approximate surface area is 242 Å². The molecule has 1 rings (SSSR count). The topological polar surface area (TPSA) is 3.88 Å². The summed E-state index contributed by atoms with van der Waals surface area (Å²) in [4.78, 5) is 0. The van der Waals surface area contributed by atoms with Crippen molar-refractivity contribution in [2.24, 2.45) is 0 Å². The van der Waals surface area contributed by atoms with Gasteiger partial charge in [-0.05, 0) is 25.3 Å². The van der Waals surface area contributed by atoms with Crippen LogP contribution in [0.25, 0.3) is 0 Å². The van der Waals surface area contributed by atoms with Crippen molar-refractivity contribution in [3.8, 4) is 0 Å². The zero-order valence-corrected chi connectivity index (χ0v) is 27.0. The molecule has 40 heavy (non-hydrogen) atoms. The van der Waals surface area contributed by atoms with Crippen LogP contribution in [0, 0.1) is 13.8 Å². The van der Waals surface area contributed by atoms with E-state index in [9.17, 15) is 25.2 Å². The van der Waals surface area contributed by atoms with E-state index in [1.165, 1.54) is 159 Å². The van der Waals surface area contributed by atoms with Crippen LogP contribution in [0.1, 0.15) is 166 Å². The minimum atomic E-state index is -10.7. The molecule has 0 saturated heterocycles. The summed E-state index contributed by atoms with van der Waals surface area (Å²) in [5, 5.41) is 0. The van der Waals surface area contributed by atoms with E-state index in [1.54, 1.807) is 5.69 Å². The number of aryl methyl sites for hydroxylation is 3. The van der Waals surface area contributed by atoms with E-state index >= 15 is 0 Å². The molecule has 0 aliphatic rings. The van der Waals surface area contributed by atoms with E-state index in [0.29, 0.717) is 0 Å². The first kappa shape index (κ1) is 39.2. The minimum absolute atomic E-state index is 1.22. The van der Waals surface area contributed by atoms with Gasteiger partial charge in [0.15, 0.2) is 11.4 Å². The fraction of sp³-hybridized carbons (Fsp3) is 0.844. The van der Waals surface area contributed by atoms with E-state index in [0.717, 1.165) is 0 Å². The predicted molar refractivity (Wildman–Crippen MR) is 162 cm³/mol. The van der Waals surface area contributed by atoms with Crippen molar-refractivity contribution in [3.63, 3.8) is 0 Å². The molecule has 240 valence electrons. The normalized spacial score (nSPS) is 13.4. The van der Waals surface area contributed by atoms with Gasteiger partial charge in [0.25, 0.3) is 0 Å². The van der Waals surface area contributed by atoms with Gasteiger partial charge >= 0.3 is 33.0 Å². The van der Waals surface area contributed by atoms with E-state index in [2.05, 4.69) is 44.4 Å². The second-order valence-corrected chi connectivity index (χ2v) is 13.7. The van der Waals surface area contributed by atoms with Gasteiger partial charge in [-0.3, -0.25) is 0 Å². The van der Waals surface area contributed by atoms with Gasteiger partial charge in [-0.1, -0.05) is 129 Å². The maximum absolute atomic E-state index is 10.7. The molecule has 0 spiro atoms. The molecule has 0 amide bonds. The Bertz CT molecular complexity index is 753. The van der Waals surface area contributed by atoms with Gasteiger partial charge < -0.3 is 0 Å². The van der Waals surface area contributed by atoms with Crippen molar-refractivity contribution < 1.29 is 29.7 Å². The summed E-state index contributed by atoms with van der Waals surface area (Å²) in [6, 6.07) is 4.83. The van der Waals surface area contributed by atoms with Crippen molar-refractivity contribution in [1.29, 1.82) is 0 Å². The second kappa shape index (κ2) is 20.1. The standard InChI is InChI=1S/C32H60N.F6P/c1-5-7-9-11-13-15-17-18-20-22-24-26-32-29-30(3)28-31(4)33(32)27-25-23-21-19-16-14-12-10-8-6-2;1-7(2,3,4,5)6/h28-29H,5-27H2,1-4H3;/q+1;-1. The SMILES string of the molecule is CCCCCCCCCCCCCc1cc(C)cc(C)[n+]1CCCCCCCCCCCC.F[P-](F)(F)(F)(F)F. The molecular formula is C32H60F6NP. The summed E-state index contributed by atoms with van der Waals surface area (Å²) in [6.45, 7) is 10.4. The monoisotopic (exact) mass is 603 g/mol. The Kier molecular flexibility index (Phi) is 19.7.